The van der Waals surface area contributed by atoms with Crippen molar-refractivity contribution >= 4 is 23.6 Å². The molecular formula is C19H21ClN2O4. The van der Waals surface area contributed by atoms with Crippen LogP contribution in [-0.2, 0) is 11.3 Å². The lowest BCUT2D eigenvalue weighted by Crippen LogP contribution is -2.37. The smallest absolute Gasteiger partial charge is 0.337 e. The van der Waals surface area contributed by atoms with E-state index in [0.717, 1.165) is 16.7 Å². The fourth-order valence-electron chi connectivity index (χ4n) is 2.30. The van der Waals surface area contributed by atoms with Gasteiger partial charge in [-0.2, -0.15) is 0 Å². The largest absolute Gasteiger partial charge is 0.473 e. The SMILES string of the molecule is COC(=O)c1ccc(CNC(=O)NCOc2cc(C)c(Cl)c(C)c2)cc1. The Kier molecular flexibility index (Phi) is 6.86. The highest BCUT2D eigenvalue weighted by molar-refractivity contribution is 6.32. The number of ether oxygens (including phenoxy) is 2. The molecule has 2 amide bonds. The molecule has 0 aromatic heterocycles. The van der Waals surface area contributed by atoms with Crippen molar-refractivity contribution in [2.45, 2.75) is 20.4 Å². The minimum absolute atomic E-state index is 0.0353. The van der Waals surface area contributed by atoms with E-state index in [1.165, 1.54) is 7.11 Å². The molecular weight excluding hydrogens is 356 g/mol. The van der Waals surface area contributed by atoms with Gasteiger partial charge in [-0.05, 0) is 54.8 Å². The highest BCUT2D eigenvalue weighted by Gasteiger charge is 2.06. The molecule has 0 aliphatic heterocycles. The molecule has 6 nitrogen and oxygen atoms in total. The van der Waals surface area contributed by atoms with E-state index in [-0.39, 0.29) is 12.8 Å². The lowest BCUT2D eigenvalue weighted by Gasteiger charge is -2.11. The second kappa shape index (κ2) is 9.10. The lowest BCUT2D eigenvalue weighted by molar-refractivity contribution is 0.0600. The van der Waals surface area contributed by atoms with Crippen LogP contribution >= 0.6 is 11.6 Å². The third-order valence-electron chi connectivity index (χ3n) is 3.71. The molecule has 0 radical (unpaired) electrons. The molecule has 0 spiro atoms. The Hall–Kier alpha value is -2.73. The van der Waals surface area contributed by atoms with Crippen LogP contribution in [0.5, 0.6) is 5.75 Å². The van der Waals surface area contributed by atoms with Crippen LogP contribution < -0.4 is 15.4 Å². The van der Waals surface area contributed by atoms with Crippen molar-refractivity contribution in [2.24, 2.45) is 0 Å². The van der Waals surface area contributed by atoms with Crippen LogP contribution in [-0.4, -0.2) is 25.8 Å². The number of hydrogen-bond donors (Lipinski definition) is 2. The molecule has 2 aromatic rings. The Morgan fingerprint density at radius 3 is 2.23 bits per heavy atom. The Morgan fingerprint density at radius 2 is 1.65 bits per heavy atom. The van der Waals surface area contributed by atoms with Gasteiger partial charge in [0.15, 0.2) is 6.73 Å². The van der Waals surface area contributed by atoms with Crippen molar-refractivity contribution in [1.29, 1.82) is 0 Å². The Balaban J connectivity index is 1.76. The van der Waals surface area contributed by atoms with Crippen molar-refractivity contribution in [3.63, 3.8) is 0 Å². The number of methoxy groups -OCH3 is 1. The molecule has 2 rings (SSSR count). The number of nitrogens with one attached hydrogen (secondary N) is 2. The first kappa shape index (κ1) is 19.6. The number of amides is 2. The Bertz CT molecular complexity index is 768. The molecule has 0 unspecified atom stereocenters. The standard InChI is InChI=1S/C19H21ClN2O4/c1-12-8-16(9-13(2)17(12)20)26-11-22-19(24)21-10-14-4-6-15(7-5-14)18(23)25-3/h4-9H,10-11H2,1-3H3,(H2,21,22,24). The summed E-state index contributed by atoms with van der Waals surface area (Å²) < 4.78 is 10.2. The molecule has 0 aliphatic carbocycles. The quantitative estimate of drug-likeness (QED) is 0.596. The number of rotatable bonds is 6. The molecule has 0 bridgehead atoms. The van der Waals surface area contributed by atoms with Gasteiger partial charge in [-0.15, -0.1) is 0 Å². The number of carbonyl (C=O) groups excluding carboxylic acids is 2. The van der Waals surface area contributed by atoms with E-state index in [0.29, 0.717) is 22.9 Å². The number of carbonyl (C=O) groups is 2. The molecule has 2 N–H and O–H groups in total. The summed E-state index contributed by atoms with van der Waals surface area (Å²) in [5.74, 6) is 0.246. The summed E-state index contributed by atoms with van der Waals surface area (Å²) in [5.41, 5.74) is 3.16. The second-order valence-electron chi connectivity index (χ2n) is 5.71. The number of aryl methyl sites for hydroxylation is 2. The van der Waals surface area contributed by atoms with Crippen LogP contribution in [0.1, 0.15) is 27.0 Å². The van der Waals surface area contributed by atoms with Crippen molar-refractivity contribution < 1.29 is 19.1 Å². The van der Waals surface area contributed by atoms with Gasteiger partial charge in [-0.1, -0.05) is 23.7 Å². The maximum absolute atomic E-state index is 11.8. The predicted molar refractivity (Wildman–Crippen MR) is 99.6 cm³/mol. The number of benzene rings is 2. The van der Waals surface area contributed by atoms with Crippen LogP contribution in [0.15, 0.2) is 36.4 Å². The fourth-order valence-corrected chi connectivity index (χ4v) is 2.40. The van der Waals surface area contributed by atoms with E-state index in [4.69, 9.17) is 16.3 Å². The summed E-state index contributed by atoms with van der Waals surface area (Å²) in [6.45, 7) is 4.15. The van der Waals surface area contributed by atoms with Crippen LogP contribution in [0.25, 0.3) is 0 Å². The summed E-state index contributed by atoms with van der Waals surface area (Å²) in [6.07, 6.45) is 0. The number of esters is 1. The van der Waals surface area contributed by atoms with Gasteiger partial charge in [0.2, 0.25) is 0 Å². The minimum Gasteiger partial charge on any atom is -0.473 e. The van der Waals surface area contributed by atoms with Gasteiger partial charge in [0.25, 0.3) is 0 Å². The van der Waals surface area contributed by atoms with Crippen LogP contribution in [0.2, 0.25) is 5.02 Å². The normalized spacial score (nSPS) is 10.2. The molecule has 0 fully saturated rings. The van der Waals surface area contributed by atoms with Gasteiger partial charge in [0, 0.05) is 11.6 Å². The molecule has 138 valence electrons. The van der Waals surface area contributed by atoms with Crippen molar-refractivity contribution in [3.8, 4) is 5.75 Å². The fraction of sp³-hybridized carbons (Fsp3) is 0.263. The summed E-state index contributed by atoms with van der Waals surface area (Å²) in [6, 6.07) is 10.1. The third-order valence-corrected chi connectivity index (χ3v) is 4.31. The zero-order valence-corrected chi connectivity index (χ0v) is 15.6. The highest BCUT2D eigenvalue weighted by Crippen LogP contribution is 2.25. The average Bonchev–Trinajstić information content (AvgIpc) is 2.64. The van der Waals surface area contributed by atoms with E-state index in [1.54, 1.807) is 24.3 Å². The van der Waals surface area contributed by atoms with Crippen LogP contribution in [0.3, 0.4) is 0 Å². The molecule has 0 atom stereocenters. The van der Waals surface area contributed by atoms with Crippen LogP contribution in [0.4, 0.5) is 4.79 Å². The molecule has 0 aliphatic rings. The topological polar surface area (TPSA) is 76.7 Å². The number of halogens is 1. The minimum atomic E-state index is -0.396. The maximum Gasteiger partial charge on any atom is 0.337 e. The van der Waals surface area contributed by atoms with Gasteiger partial charge >= 0.3 is 12.0 Å². The summed E-state index contributed by atoms with van der Waals surface area (Å²) in [4.78, 5) is 23.2. The molecule has 2 aromatic carbocycles. The third kappa shape index (κ3) is 5.39. The summed E-state index contributed by atoms with van der Waals surface area (Å²) in [7, 11) is 1.33. The number of urea groups is 1. The first-order valence-corrected chi connectivity index (χ1v) is 8.37. The van der Waals surface area contributed by atoms with Gasteiger partial charge in [-0.25, -0.2) is 9.59 Å². The lowest BCUT2D eigenvalue weighted by atomic mass is 10.1. The van der Waals surface area contributed by atoms with Gasteiger partial charge in [-0.3, -0.25) is 0 Å². The first-order valence-electron chi connectivity index (χ1n) is 7.99. The zero-order chi connectivity index (χ0) is 19.1. The van der Waals surface area contributed by atoms with E-state index >= 15 is 0 Å². The van der Waals surface area contributed by atoms with E-state index in [2.05, 4.69) is 15.4 Å². The van der Waals surface area contributed by atoms with Crippen molar-refractivity contribution in [3.05, 3.63) is 63.7 Å². The highest BCUT2D eigenvalue weighted by atomic mass is 35.5. The average molecular weight is 377 g/mol. The van der Waals surface area contributed by atoms with Gasteiger partial charge in [0.05, 0.1) is 12.7 Å². The first-order chi connectivity index (χ1) is 12.4. The summed E-state index contributed by atoms with van der Waals surface area (Å²) in [5, 5.41) is 6.04. The van der Waals surface area contributed by atoms with Gasteiger partial charge in [0.1, 0.15) is 5.75 Å². The summed E-state index contributed by atoms with van der Waals surface area (Å²) >= 11 is 6.11. The maximum atomic E-state index is 11.8. The Morgan fingerprint density at radius 1 is 1.04 bits per heavy atom. The Labute approximate surface area is 157 Å². The van der Waals surface area contributed by atoms with Crippen molar-refractivity contribution in [1.82, 2.24) is 10.6 Å². The van der Waals surface area contributed by atoms with E-state index in [1.807, 2.05) is 26.0 Å². The molecule has 0 heterocycles. The monoisotopic (exact) mass is 376 g/mol. The zero-order valence-electron chi connectivity index (χ0n) is 14.9. The van der Waals surface area contributed by atoms with Crippen molar-refractivity contribution in [2.75, 3.05) is 13.8 Å². The second-order valence-corrected chi connectivity index (χ2v) is 6.09. The van der Waals surface area contributed by atoms with E-state index < -0.39 is 5.97 Å². The van der Waals surface area contributed by atoms with Gasteiger partial charge < -0.3 is 20.1 Å². The predicted octanol–water partition coefficient (Wildman–Crippen LogP) is 3.58. The van der Waals surface area contributed by atoms with E-state index in [9.17, 15) is 9.59 Å². The molecule has 0 saturated heterocycles. The molecule has 26 heavy (non-hydrogen) atoms. The number of hydrogen-bond acceptors (Lipinski definition) is 4. The molecule has 7 heteroatoms. The van der Waals surface area contributed by atoms with Crippen LogP contribution in [0, 0.1) is 13.8 Å². The molecule has 0 saturated carbocycles.